The molecule has 0 atom stereocenters. The molecule has 100 valence electrons. The number of carbonyl (C=O) groups is 2. The number of amides is 1. The predicted octanol–water partition coefficient (Wildman–Crippen LogP) is 2.31. The van der Waals surface area contributed by atoms with E-state index < -0.39 is 5.97 Å². The molecule has 1 aromatic rings. The average Bonchev–Trinajstić information content (AvgIpc) is 2.66. The zero-order valence-electron chi connectivity index (χ0n) is 10.9. The van der Waals surface area contributed by atoms with Crippen molar-refractivity contribution in [2.75, 3.05) is 6.54 Å². The number of aryl methyl sites for hydroxylation is 1. The molecule has 0 spiro atoms. The normalized spacial score (nSPS) is 10.7. The van der Waals surface area contributed by atoms with Gasteiger partial charge in [0.05, 0.1) is 5.56 Å². The van der Waals surface area contributed by atoms with E-state index in [0.717, 1.165) is 5.76 Å². The van der Waals surface area contributed by atoms with Gasteiger partial charge < -0.3 is 14.8 Å². The lowest BCUT2D eigenvalue weighted by molar-refractivity contribution is -0.137. The second-order valence-corrected chi connectivity index (χ2v) is 4.53. The fourth-order valence-corrected chi connectivity index (χ4v) is 1.55. The van der Waals surface area contributed by atoms with Gasteiger partial charge in [0.15, 0.2) is 0 Å². The Balaban J connectivity index is 2.53. The van der Waals surface area contributed by atoms with Crippen LogP contribution < -0.4 is 5.32 Å². The van der Waals surface area contributed by atoms with Crippen LogP contribution in [0.25, 0.3) is 0 Å². The molecule has 0 saturated carbocycles. The Morgan fingerprint density at radius 3 is 2.61 bits per heavy atom. The molecular weight excluding hydrogens is 234 g/mol. The maximum absolute atomic E-state index is 11.8. The lowest BCUT2D eigenvalue weighted by Crippen LogP contribution is -2.25. The van der Waals surface area contributed by atoms with Crippen LogP contribution in [-0.4, -0.2) is 23.5 Å². The van der Waals surface area contributed by atoms with E-state index in [9.17, 15) is 9.59 Å². The van der Waals surface area contributed by atoms with Gasteiger partial charge in [-0.25, -0.2) is 0 Å². The fourth-order valence-electron chi connectivity index (χ4n) is 1.55. The number of rotatable bonds is 6. The zero-order valence-corrected chi connectivity index (χ0v) is 10.9. The number of carboxylic acid groups (broad SMARTS) is 1. The summed E-state index contributed by atoms with van der Waals surface area (Å²) in [6.45, 7) is 6.09. The third-order valence-corrected chi connectivity index (χ3v) is 2.60. The van der Waals surface area contributed by atoms with E-state index >= 15 is 0 Å². The number of aliphatic carboxylic acids is 1. The Labute approximate surface area is 106 Å². The summed E-state index contributed by atoms with van der Waals surface area (Å²) < 4.78 is 5.49. The van der Waals surface area contributed by atoms with Crippen molar-refractivity contribution >= 4 is 11.9 Å². The molecule has 0 aliphatic rings. The van der Waals surface area contributed by atoms with Gasteiger partial charge in [-0.05, 0) is 19.4 Å². The number of furan rings is 1. The topological polar surface area (TPSA) is 79.5 Å². The maximum atomic E-state index is 11.8. The SMILES string of the molecule is Cc1oc(C(C)C)cc1C(=O)NCCCC(=O)O. The molecule has 1 aromatic heterocycles. The quantitative estimate of drug-likeness (QED) is 0.762. The molecule has 0 bridgehead atoms. The van der Waals surface area contributed by atoms with E-state index in [1.54, 1.807) is 13.0 Å². The van der Waals surface area contributed by atoms with Gasteiger partial charge >= 0.3 is 5.97 Å². The predicted molar refractivity (Wildman–Crippen MR) is 66.7 cm³/mol. The van der Waals surface area contributed by atoms with E-state index in [4.69, 9.17) is 9.52 Å². The van der Waals surface area contributed by atoms with Gasteiger partial charge in [-0.2, -0.15) is 0 Å². The van der Waals surface area contributed by atoms with Crippen LogP contribution in [-0.2, 0) is 4.79 Å². The highest BCUT2D eigenvalue weighted by molar-refractivity contribution is 5.95. The van der Waals surface area contributed by atoms with Gasteiger partial charge in [-0.3, -0.25) is 9.59 Å². The van der Waals surface area contributed by atoms with E-state index in [1.807, 2.05) is 13.8 Å². The molecular formula is C13H19NO4. The van der Waals surface area contributed by atoms with Crippen molar-refractivity contribution in [2.24, 2.45) is 0 Å². The Hall–Kier alpha value is -1.78. The molecule has 1 rings (SSSR count). The molecule has 1 heterocycles. The summed E-state index contributed by atoms with van der Waals surface area (Å²) in [6.07, 6.45) is 0.483. The monoisotopic (exact) mass is 253 g/mol. The summed E-state index contributed by atoms with van der Waals surface area (Å²) in [7, 11) is 0. The van der Waals surface area contributed by atoms with Gasteiger partial charge in [-0.1, -0.05) is 13.8 Å². The minimum Gasteiger partial charge on any atom is -0.481 e. The van der Waals surface area contributed by atoms with Gasteiger partial charge in [0.1, 0.15) is 11.5 Å². The van der Waals surface area contributed by atoms with Crippen LogP contribution in [0.1, 0.15) is 54.5 Å². The molecule has 0 saturated heterocycles. The minimum absolute atomic E-state index is 0.0574. The molecule has 1 amide bonds. The molecule has 18 heavy (non-hydrogen) atoms. The van der Waals surface area contributed by atoms with Crippen molar-refractivity contribution in [1.82, 2.24) is 5.32 Å². The molecule has 5 nitrogen and oxygen atoms in total. The second kappa shape index (κ2) is 6.23. The van der Waals surface area contributed by atoms with E-state index in [-0.39, 0.29) is 18.2 Å². The summed E-state index contributed by atoms with van der Waals surface area (Å²) in [5.74, 6) is 0.536. The molecule has 0 radical (unpaired) electrons. The Kier molecular flexibility index (Phi) is 4.95. The Bertz CT molecular complexity index is 434. The summed E-state index contributed by atoms with van der Waals surface area (Å²) in [6, 6.07) is 1.74. The third-order valence-electron chi connectivity index (χ3n) is 2.60. The summed E-state index contributed by atoms with van der Waals surface area (Å²) >= 11 is 0. The molecule has 0 aromatic carbocycles. The number of carbonyl (C=O) groups excluding carboxylic acids is 1. The molecule has 0 aliphatic carbocycles. The van der Waals surface area contributed by atoms with Crippen LogP contribution in [0.2, 0.25) is 0 Å². The number of nitrogens with one attached hydrogen (secondary N) is 1. The molecule has 2 N–H and O–H groups in total. The van der Waals surface area contributed by atoms with Crippen LogP contribution >= 0.6 is 0 Å². The van der Waals surface area contributed by atoms with Crippen LogP contribution in [0.4, 0.5) is 0 Å². The number of hydrogen-bond acceptors (Lipinski definition) is 3. The molecule has 5 heteroatoms. The van der Waals surface area contributed by atoms with Crippen molar-refractivity contribution in [1.29, 1.82) is 0 Å². The van der Waals surface area contributed by atoms with Crippen molar-refractivity contribution in [3.8, 4) is 0 Å². The summed E-state index contributed by atoms with van der Waals surface area (Å²) in [5, 5.41) is 11.2. The molecule has 0 aliphatic heterocycles. The largest absolute Gasteiger partial charge is 0.481 e. The van der Waals surface area contributed by atoms with Crippen molar-refractivity contribution in [3.05, 3.63) is 23.2 Å². The van der Waals surface area contributed by atoms with Crippen molar-refractivity contribution in [2.45, 2.75) is 39.5 Å². The van der Waals surface area contributed by atoms with Gasteiger partial charge in [0.25, 0.3) is 5.91 Å². The van der Waals surface area contributed by atoms with Crippen molar-refractivity contribution in [3.63, 3.8) is 0 Å². The lowest BCUT2D eigenvalue weighted by atomic mass is 10.1. The first-order chi connectivity index (χ1) is 8.41. The summed E-state index contributed by atoms with van der Waals surface area (Å²) in [4.78, 5) is 22.1. The number of carboxylic acids is 1. The Morgan fingerprint density at radius 1 is 1.44 bits per heavy atom. The number of hydrogen-bond donors (Lipinski definition) is 2. The van der Waals surface area contributed by atoms with E-state index in [0.29, 0.717) is 24.3 Å². The second-order valence-electron chi connectivity index (χ2n) is 4.53. The molecule has 0 unspecified atom stereocenters. The highest BCUT2D eigenvalue weighted by Gasteiger charge is 2.16. The van der Waals surface area contributed by atoms with Crippen LogP contribution in [0.15, 0.2) is 10.5 Å². The smallest absolute Gasteiger partial charge is 0.303 e. The molecule has 0 fully saturated rings. The zero-order chi connectivity index (χ0) is 13.7. The first-order valence-electron chi connectivity index (χ1n) is 6.02. The lowest BCUT2D eigenvalue weighted by Gasteiger charge is -2.02. The maximum Gasteiger partial charge on any atom is 0.303 e. The van der Waals surface area contributed by atoms with Crippen LogP contribution in [0, 0.1) is 6.92 Å². The third kappa shape index (κ3) is 3.91. The highest BCUT2D eigenvalue weighted by atomic mass is 16.4. The van der Waals surface area contributed by atoms with Crippen LogP contribution in [0.5, 0.6) is 0 Å². The first-order valence-corrected chi connectivity index (χ1v) is 6.02. The average molecular weight is 253 g/mol. The fraction of sp³-hybridized carbons (Fsp3) is 0.538. The van der Waals surface area contributed by atoms with Crippen LogP contribution in [0.3, 0.4) is 0 Å². The minimum atomic E-state index is -0.856. The van der Waals surface area contributed by atoms with Gasteiger partial charge in [0.2, 0.25) is 0 Å². The van der Waals surface area contributed by atoms with E-state index in [1.165, 1.54) is 0 Å². The van der Waals surface area contributed by atoms with Crippen molar-refractivity contribution < 1.29 is 19.1 Å². The Morgan fingerprint density at radius 2 is 2.11 bits per heavy atom. The summed E-state index contributed by atoms with van der Waals surface area (Å²) in [5.41, 5.74) is 0.522. The van der Waals surface area contributed by atoms with Gasteiger partial charge in [0, 0.05) is 18.9 Å². The highest BCUT2D eigenvalue weighted by Crippen LogP contribution is 2.21. The van der Waals surface area contributed by atoms with Gasteiger partial charge in [-0.15, -0.1) is 0 Å². The van der Waals surface area contributed by atoms with E-state index in [2.05, 4.69) is 5.32 Å². The first kappa shape index (κ1) is 14.3. The standard InChI is InChI=1S/C13H19NO4/c1-8(2)11-7-10(9(3)18-11)13(17)14-6-4-5-12(15)16/h7-8H,4-6H2,1-3H3,(H,14,17)(H,15,16).